The van der Waals surface area contributed by atoms with E-state index >= 15 is 0 Å². The number of aromatic nitrogens is 1. The summed E-state index contributed by atoms with van der Waals surface area (Å²) >= 11 is 1.61. The van der Waals surface area contributed by atoms with Crippen LogP contribution >= 0.6 is 11.3 Å². The fourth-order valence-electron chi connectivity index (χ4n) is 3.38. The molecule has 0 aliphatic carbocycles. The minimum absolute atomic E-state index is 0.0701. The first kappa shape index (κ1) is 16.1. The molecule has 0 fully saturated rings. The minimum atomic E-state index is -0.385. The summed E-state index contributed by atoms with van der Waals surface area (Å²) in [6.07, 6.45) is 0.482. The fraction of sp³-hybridized carbons (Fsp3) is 0.200. The van der Waals surface area contributed by atoms with Crippen LogP contribution in [-0.4, -0.2) is 17.7 Å². The smallest absolute Gasteiger partial charge is 0.262 e. The summed E-state index contributed by atoms with van der Waals surface area (Å²) in [5.74, 6) is 1.26. The number of ether oxygens (including phenoxy) is 2. The second-order valence-corrected chi connectivity index (χ2v) is 7.27. The lowest BCUT2D eigenvalue weighted by Crippen LogP contribution is -2.43. The van der Waals surface area contributed by atoms with Gasteiger partial charge in [-0.25, -0.2) is 4.98 Å². The van der Waals surface area contributed by atoms with Crippen LogP contribution in [0.15, 0.2) is 47.8 Å². The molecule has 7 heteroatoms. The van der Waals surface area contributed by atoms with Gasteiger partial charge in [0.25, 0.3) is 5.91 Å². The molecule has 3 heterocycles. The van der Waals surface area contributed by atoms with E-state index in [9.17, 15) is 4.79 Å². The minimum Gasteiger partial charge on any atom is -0.454 e. The van der Waals surface area contributed by atoms with Crippen LogP contribution in [0.5, 0.6) is 11.5 Å². The Bertz CT molecular complexity index is 1030. The largest absolute Gasteiger partial charge is 0.454 e. The fourth-order valence-corrected chi connectivity index (χ4v) is 4.14. The van der Waals surface area contributed by atoms with E-state index in [1.165, 1.54) is 0 Å². The van der Waals surface area contributed by atoms with Crippen molar-refractivity contribution < 1.29 is 14.3 Å². The number of benzene rings is 2. The lowest BCUT2D eigenvalue weighted by Gasteiger charge is -2.37. The van der Waals surface area contributed by atoms with Crippen molar-refractivity contribution in [1.82, 2.24) is 4.98 Å². The number of aryl methyl sites for hydroxylation is 1. The van der Waals surface area contributed by atoms with E-state index in [1.54, 1.807) is 16.2 Å². The summed E-state index contributed by atoms with van der Waals surface area (Å²) in [7, 11) is 0. The van der Waals surface area contributed by atoms with Crippen LogP contribution in [0.25, 0.3) is 0 Å². The summed E-state index contributed by atoms with van der Waals surface area (Å²) in [4.78, 5) is 19.8. The number of carbonyl (C=O) groups is 1. The van der Waals surface area contributed by atoms with Gasteiger partial charge >= 0.3 is 0 Å². The highest BCUT2D eigenvalue weighted by atomic mass is 32.1. The molecule has 136 valence electrons. The first-order chi connectivity index (χ1) is 13.2. The molecule has 0 saturated heterocycles. The van der Waals surface area contributed by atoms with Gasteiger partial charge in [0, 0.05) is 17.1 Å². The Morgan fingerprint density at radius 3 is 2.93 bits per heavy atom. The number of anilines is 2. The van der Waals surface area contributed by atoms with Crippen LogP contribution in [0.4, 0.5) is 11.4 Å². The molecule has 27 heavy (non-hydrogen) atoms. The number of carbonyl (C=O) groups excluding carboxylic acids is 1. The molecule has 2 aromatic carbocycles. The van der Waals surface area contributed by atoms with Gasteiger partial charge in [0.1, 0.15) is 0 Å². The van der Waals surface area contributed by atoms with E-state index in [2.05, 4.69) is 12.2 Å². The summed E-state index contributed by atoms with van der Waals surface area (Å²) in [5, 5.41) is 6.53. The number of nitrogens with zero attached hydrogens (tertiary/aromatic N) is 2. The second-order valence-electron chi connectivity index (χ2n) is 6.32. The van der Waals surface area contributed by atoms with Crippen LogP contribution in [0, 0.1) is 0 Å². The Labute approximate surface area is 160 Å². The molecule has 2 aliphatic heterocycles. The average molecular weight is 379 g/mol. The van der Waals surface area contributed by atoms with Crippen LogP contribution < -0.4 is 19.7 Å². The molecular formula is C20H17N3O3S. The van der Waals surface area contributed by atoms with Gasteiger partial charge < -0.3 is 14.8 Å². The van der Waals surface area contributed by atoms with Crippen LogP contribution in [0.1, 0.15) is 34.1 Å². The van der Waals surface area contributed by atoms with E-state index in [-0.39, 0.29) is 18.9 Å². The first-order valence-electron chi connectivity index (χ1n) is 8.77. The van der Waals surface area contributed by atoms with Crippen LogP contribution in [0.2, 0.25) is 0 Å². The molecule has 3 aromatic rings. The Kier molecular flexibility index (Phi) is 3.75. The zero-order chi connectivity index (χ0) is 18.4. The highest BCUT2D eigenvalue weighted by Crippen LogP contribution is 2.41. The second kappa shape index (κ2) is 6.28. The lowest BCUT2D eigenvalue weighted by molar-refractivity contribution is 0.0974. The molecule has 1 unspecified atom stereocenters. The molecule has 5 rings (SSSR count). The highest BCUT2D eigenvalue weighted by Gasteiger charge is 2.36. The number of nitrogens with one attached hydrogen (secondary N) is 1. The van der Waals surface area contributed by atoms with Crippen molar-refractivity contribution in [3.05, 3.63) is 64.1 Å². The number of hydrogen-bond acceptors (Lipinski definition) is 6. The Morgan fingerprint density at radius 1 is 1.22 bits per heavy atom. The van der Waals surface area contributed by atoms with Gasteiger partial charge in [-0.15, -0.1) is 11.3 Å². The van der Waals surface area contributed by atoms with Crippen molar-refractivity contribution in [2.75, 3.05) is 17.0 Å². The molecular weight excluding hydrogens is 362 g/mol. The summed E-state index contributed by atoms with van der Waals surface area (Å²) in [6.45, 7) is 2.27. The molecule has 2 aliphatic rings. The predicted octanol–water partition coefficient (Wildman–Crippen LogP) is 4.21. The highest BCUT2D eigenvalue weighted by molar-refractivity contribution is 7.09. The molecule has 1 N–H and O–H groups in total. The van der Waals surface area contributed by atoms with Crippen molar-refractivity contribution in [3.8, 4) is 11.5 Å². The van der Waals surface area contributed by atoms with Gasteiger partial charge in [0.15, 0.2) is 17.7 Å². The van der Waals surface area contributed by atoms with Crippen molar-refractivity contribution in [2.45, 2.75) is 19.5 Å². The molecule has 0 bridgehead atoms. The topological polar surface area (TPSA) is 63.7 Å². The summed E-state index contributed by atoms with van der Waals surface area (Å²) < 4.78 is 10.9. The van der Waals surface area contributed by atoms with Gasteiger partial charge in [0.05, 0.1) is 22.0 Å². The molecule has 1 aromatic heterocycles. The molecule has 1 amide bonds. The first-order valence-corrected chi connectivity index (χ1v) is 9.65. The van der Waals surface area contributed by atoms with Gasteiger partial charge in [0.2, 0.25) is 6.79 Å². The summed E-state index contributed by atoms with van der Waals surface area (Å²) in [5.41, 5.74) is 3.02. The van der Waals surface area contributed by atoms with Crippen molar-refractivity contribution in [2.24, 2.45) is 0 Å². The van der Waals surface area contributed by atoms with Gasteiger partial charge in [-0.1, -0.05) is 19.1 Å². The Balaban J connectivity index is 1.63. The number of rotatable bonds is 3. The number of para-hydroxylation sites is 1. The zero-order valence-electron chi connectivity index (χ0n) is 14.6. The van der Waals surface area contributed by atoms with Crippen LogP contribution in [-0.2, 0) is 6.42 Å². The van der Waals surface area contributed by atoms with E-state index in [0.717, 1.165) is 28.5 Å². The number of amides is 1. The molecule has 0 spiro atoms. The third-order valence-corrected chi connectivity index (χ3v) is 5.72. The normalized spacial score (nSPS) is 17.6. The average Bonchev–Trinajstić information content (AvgIpc) is 3.36. The maximum atomic E-state index is 13.4. The van der Waals surface area contributed by atoms with Gasteiger partial charge in [-0.3, -0.25) is 9.69 Å². The quantitative estimate of drug-likeness (QED) is 0.739. The van der Waals surface area contributed by atoms with Crippen molar-refractivity contribution in [3.63, 3.8) is 0 Å². The van der Waals surface area contributed by atoms with Gasteiger partial charge in [-0.2, -0.15) is 0 Å². The Morgan fingerprint density at radius 2 is 2.07 bits per heavy atom. The monoisotopic (exact) mass is 379 g/mol. The van der Waals surface area contributed by atoms with Crippen molar-refractivity contribution >= 4 is 28.6 Å². The zero-order valence-corrected chi connectivity index (χ0v) is 15.5. The van der Waals surface area contributed by atoms with Gasteiger partial charge in [-0.05, 0) is 30.7 Å². The standard InChI is InChI=1S/C20H17N3O3S/c1-2-18-21-15(10-27-18)19-22-14-6-4-3-5-13(14)20(24)23(19)12-7-8-16-17(9-12)26-11-25-16/h3-10,19,22H,2,11H2,1H3. The van der Waals surface area contributed by atoms with E-state index in [1.807, 2.05) is 47.8 Å². The van der Waals surface area contributed by atoms with E-state index < -0.39 is 0 Å². The van der Waals surface area contributed by atoms with E-state index in [4.69, 9.17) is 14.5 Å². The lowest BCUT2D eigenvalue weighted by atomic mass is 10.1. The maximum Gasteiger partial charge on any atom is 0.262 e. The SMILES string of the molecule is CCc1nc(C2Nc3ccccc3C(=O)N2c2ccc3c(c2)OCO3)cs1. The summed E-state index contributed by atoms with van der Waals surface area (Å²) in [6, 6.07) is 13.1. The maximum absolute atomic E-state index is 13.4. The Hall–Kier alpha value is -3.06. The molecule has 6 nitrogen and oxygen atoms in total. The number of fused-ring (bicyclic) bond motifs is 2. The van der Waals surface area contributed by atoms with Crippen molar-refractivity contribution in [1.29, 1.82) is 0 Å². The van der Waals surface area contributed by atoms with Crippen LogP contribution in [0.3, 0.4) is 0 Å². The predicted molar refractivity (Wildman–Crippen MR) is 104 cm³/mol. The molecule has 0 saturated carbocycles. The number of thiazole rings is 1. The third kappa shape index (κ3) is 2.62. The number of hydrogen-bond donors (Lipinski definition) is 1. The molecule has 1 atom stereocenters. The third-order valence-electron chi connectivity index (χ3n) is 4.71. The molecule has 0 radical (unpaired) electrons. The van der Waals surface area contributed by atoms with E-state index in [0.29, 0.717) is 17.1 Å².